The fourth-order valence-corrected chi connectivity index (χ4v) is 2.23. The van der Waals surface area contributed by atoms with Crippen molar-refractivity contribution in [3.63, 3.8) is 0 Å². The second kappa shape index (κ2) is 6.06. The number of anilines is 2. The summed E-state index contributed by atoms with van der Waals surface area (Å²) >= 11 is 0. The lowest BCUT2D eigenvalue weighted by atomic mass is 10.2. The summed E-state index contributed by atoms with van der Waals surface area (Å²) in [6.45, 7) is 7.42. The first-order chi connectivity index (χ1) is 9.60. The number of hydrogen-bond donors (Lipinski definition) is 2. The average molecular weight is 274 g/mol. The Morgan fingerprint density at radius 2 is 2.20 bits per heavy atom. The predicted molar refractivity (Wildman–Crippen MR) is 79.2 cm³/mol. The molecule has 1 aliphatic carbocycles. The van der Waals surface area contributed by atoms with Crippen LogP contribution in [0.2, 0.25) is 0 Å². The molecule has 1 aromatic rings. The number of aromatic nitrogens is 2. The summed E-state index contributed by atoms with van der Waals surface area (Å²) in [6, 6.07) is 2.27. The van der Waals surface area contributed by atoms with Gasteiger partial charge in [-0.05, 0) is 33.6 Å². The minimum Gasteiger partial charge on any atom is -0.355 e. The second-order valence-corrected chi connectivity index (χ2v) is 5.37. The Hall–Kier alpha value is -1.87. The highest BCUT2D eigenvalue weighted by Gasteiger charge is 2.29. The highest BCUT2D eigenvalue weighted by atomic mass is 15.3. The van der Waals surface area contributed by atoms with E-state index in [9.17, 15) is 0 Å². The number of nitriles is 1. The summed E-state index contributed by atoms with van der Waals surface area (Å²) in [7, 11) is 0. The lowest BCUT2D eigenvalue weighted by Gasteiger charge is -2.26. The number of nitrogens with zero attached hydrogens (tertiary/aromatic N) is 4. The first-order valence-electron chi connectivity index (χ1n) is 7.10. The first-order valence-corrected chi connectivity index (χ1v) is 7.10. The quantitative estimate of drug-likeness (QED) is 0.608. The fourth-order valence-electron chi connectivity index (χ4n) is 2.23. The summed E-state index contributed by atoms with van der Waals surface area (Å²) in [5, 5.41) is 9.01. The lowest BCUT2D eigenvalue weighted by molar-refractivity contribution is 0.674. The van der Waals surface area contributed by atoms with Crippen molar-refractivity contribution in [1.29, 1.82) is 5.26 Å². The largest absolute Gasteiger partial charge is 0.355 e. The molecule has 0 aromatic carbocycles. The summed E-state index contributed by atoms with van der Waals surface area (Å²) in [5.74, 6) is 8.43. The van der Waals surface area contributed by atoms with Crippen molar-refractivity contribution in [2.75, 3.05) is 23.4 Å². The van der Waals surface area contributed by atoms with Gasteiger partial charge < -0.3 is 10.3 Å². The molecule has 0 saturated heterocycles. The Balaban J connectivity index is 2.36. The van der Waals surface area contributed by atoms with Crippen LogP contribution in [0.5, 0.6) is 0 Å². The number of nitrogen functional groups attached to an aromatic ring is 1. The molecule has 0 aliphatic heterocycles. The molecule has 1 aliphatic rings. The van der Waals surface area contributed by atoms with Gasteiger partial charge in [0.25, 0.3) is 0 Å². The van der Waals surface area contributed by atoms with Gasteiger partial charge in [-0.15, -0.1) is 0 Å². The first kappa shape index (κ1) is 14.5. The van der Waals surface area contributed by atoms with E-state index in [1.54, 1.807) is 0 Å². The van der Waals surface area contributed by atoms with E-state index in [2.05, 4.69) is 28.3 Å². The van der Waals surface area contributed by atoms with Crippen LogP contribution in [0.3, 0.4) is 0 Å². The molecule has 0 amide bonds. The molecule has 1 aromatic heterocycles. The van der Waals surface area contributed by atoms with Crippen LogP contribution >= 0.6 is 0 Å². The van der Waals surface area contributed by atoms with Gasteiger partial charge in [-0.25, -0.2) is 15.8 Å². The van der Waals surface area contributed by atoms with Gasteiger partial charge in [0.05, 0.1) is 12.0 Å². The van der Waals surface area contributed by atoms with E-state index < -0.39 is 0 Å². The van der Waals surface area contributed by atoms with Crippen LogP contribution in [-0.4, -0.2) is 23.1 Å². The van der Waals surface area contributed by atoms with Crippen molar-refractivity contribution in [3.05, 3.63) is 11.4 Å². The molecule has 1 fully saturated rings. The van der Waals surface area contributed by atoms with E-state index in [4.69, 9.17) is 16.1 Å². The molecule has 1 unspecified atom stereocenters. The van der Waals surface area contributed by atoms with Crippen LogP contribution < -0.4 is 16.2 Å². The Kier molecular flexibility index (Phi) is 4.40. The molecule has 1 atom stereocenters. The van der Waals surface area contributed by atoms with Gasteiger partial charge in [0.2, 0.25) is 0 Å². The molecule has 3 N–H and O–H groups in total. The zero-order chi connectivity index (χ0) is 14.7. The predicted octanol–water partition coefficient (Wildman–Crippen LogP) is 1.93. The normalized spacial score (nSPS) is 15.6. The van der Waals surface area contributed by atoms with Crippen molar-refractivity contribution in [2.24, 2.45) is 11.8 Å². The summed E-state index contributed by atoms with van der Waals surface area (Å²) in [4.78, 5) is 11.3. The number of hydrazine groups is 1. The van der Waals surface area contributed by atoms with E-state index in [0.717, 1.165) is 36.6 Å². The highest BCUT2D eigenvalue weighted by molar-refractivity contribution is 5.58. The van der Waals surface area contributed by atoms with E-state index in [1.165, 1.54) is 0 Å². The van der Waals surface area contributed by atoms with Gasteiger partial charge >= 0.3 is 0 Å². The van der Waals surface area contributed by atoms with Crippen molar-refractivity contribution >= 4 is 11.6 Å². The number of nitrogens with one attached hydrogen (secondary N) is 1. The molecule has 0 radical (unpaired) electrons. The maximum absolute atomic E-state index is 9.01. The monoisotopic (exact) mass is 274 g/mol. The molecule has 0 spiro atoms. The molecular formula is C14H22N6. The van der Waals surface area contributed by atoms with Crippen molar-refractivity contribution in [2.45, 2.75) is 39.5 Å². The smallest absolute Gasteiger partial charge is 0.148 e. The van der Waals surface area contributed by atoms with Crippen LogP contribution in [0.1, 0.15) is 44.0 Å². The third-order valence-electron chi connectivity index (χ3n) is 3.61. The fraction of sp³-hybridized carbons (Fsp3) is 0.643. The van der Waals surface area contributed by atoms with Crippen LogP contribution in [0.25, 0.3) is 0 Å². The topological polar surface area (TPSA) is 90.9 Å². The van der Waals surface area contributed by atoms with E-state index in [0.29, 0.717) is 18.3 Å². The van der Waals surface area contributed by atoms with Crippen LogP contribution in [0.4, 0.5) is 11.6 Å². The van der Waals surface area contributed by atoms with E-state index in [1.807, 2.05) is 13.8 Å². The van der Waals surface area contributed by atoms with E-state index >= 15 is 0 Å². The number of hydrogen-bond acceptors (Lipinski definition) is 6. The summed E-state index contributed by atoms with van der Waals surface area (Å²) < 4.78 is 0. The van der Waals surface area contributed by atoms with Crippen LogP contribution in [0, 0.1) is 24.2 Å². The highest BCUT2D eigenvalue weighted by Crippen LogP contribution is 2.40. The zero-order valence-corrected chi connectivity index (χ0v) is 12.3. The van der Waals surface area contributed by atoms with Crippen LogP contribution in [0.15, 0.2) is 0 Å². The zero-order valence-electron chi connectivity index (χ0n) is 12.3. The molecule has 0 bridgehead atoms. The Morgan fingerprint density at radius 1 is 1.50 bits per heavy atom. The molecule has 6 heteroatoms. The Bertz CT molecular complexity index is 517. The third-order valence-corrected chi connectivity index (χ3v) is 3.61. The number of nitrogens with two attached hydrogens (primary N) is 1. The molecule has 1 heterocycles. The van der Waals surface area contributed by atoms with Gasteiger partial charge in [0.1, 0.15) is 17.5 Å². The van der Waals surface area contributed by atoms with Crippen molar-refractivity contribution in [3.8, 4) is 6.07 Å². The molecule has 1 saturated carbocycles. The Labute approximate surface area is 120 Å². The second-order valence-electron chi connectivity index (χ2n) is 5.37. The molecular weight excluding hydrogens is 252 g/mol. The maximum atomic E-state index is 9.01. The molecule has 20 heavy (non-hydrogen) atoms. The standard InChI is InChI=1S/C14H22N6/c1-4-20(8-9(2)7-15)14-10(3)12(19-16)17-13(18-14)11-5-6-11/h9,11H,4-6,8,16H2,1-3H3,(H,17,18,19). The molecule has 6 nitrogen and oxygen atoms in total. The third kappa shape index (κ3) is 2.99. The van der Waals surface area contributed by atoms with Gasteiger partial charge in [-0.1, -0.05) is 0 Å². The van der Waals surface area contributed by atoms with Gasteiger partial charge in [-0.2, -0.15) is 5.26 Å². The Morgan fingerprint density at radius 3 is 2.70 bits per heavy atom. The lowest BCUT2D eigenvalue weighted by Crippen LogP contribution is -2.30. The van der Waals surface area contributed by atoms with Crippen LogP contribution in [-0.2, 0) is 0 Å². The molecule has 2 rings (SSSR count). The maximum Gasteiger partial charge on any atom is 0.148 e. The van der Waals surface area contributed by atoms with Crippen molar-refractivity contribution < 1.29 is 0 Å². The van der Waals surface area contributed by atoms with Crippen molar-refractivity contribution in [1.82, 2.24) is 9.97 Å². The summed E-state index contributed by atoms with van der Waals surface area (Å²) in [6.07, 6.45) is 2.29. The minimum absolute atomic E-state index is 0.0389. The molecule has 108 valence electrons. The average Bonchev–Trinajstić information content (AvgIpc) is 3.29. The number of rotatable bonds is 6. The van der Waals surface area contributed by atoms with E-state index in [-0.39, 0.29) is 5.92 Å². The minimum atomic E-state index is -0.0389. The van der Waals surface area contributed by atoms with Gasteiger partial charge in [-0.3, -0.25) is 0 Å². The van der Waals surface area contributed by atoms with Gasteiger partial charge in [0.15, 0.2) is 0 Å². The van der Waals surface area contributed by atoms with Gasteiger partial charge in [0, 0.05) is 24.6 Å². The summed E-state index contributed by atoms with van der Waals surface area (Å²) in [5.41, 5.74) is 3.60. The SMILES string of the molecule is CCN(CC(C)C#N)c1nc(C2CC2)nc(NN)c1C.